The van der Waals surface area contributed by atoms with Crippen molar-refractivity contribution in [3.8, 4) is 22.4 Å². The van der Waals surface area contributed by atoms with Crippen LogP contribution in [0, 0.1) is 12.8 Å². The molecule has 0 bridgehead atoms. The van der Waals surface area contributed by atoms with Crippen LogP contribution in [0.2, 0.25) is 0 Å². The van der Waals surface area contributed by atoms with Crippen LogP contribution in [0.5, 0.6) is 0 Å². The van der Waals surface area contributed by atoms with E-state index in [0.717, 1.165) is 47.7 Å². The highest BCUT2D eigenvalue weighted by Crippen LogP contribution is 2.46. The van der Waals surface area contributed by atoms with Gasteiger partial charge in [0.25, 0.3) is 0 Å². The Labute approximate surface area is 210 Å². The quantitative estimate of drug-likeness (QED) is 0.348. The minimum atomic E-state index is -0.722. The van der Waals surface area contributed by atoms with Crippen molar-refractivity contribution in [2.45, 2.75) is 38.0 Å². The first-order valence-corrected chi connectivity index (χ1v) is 12.5. The summed E-state index contributed by atoms with van der Waals surface area (Å²) in [6, 6.07) is 19.2. The summed E-state index contributed by atoms with van der Waals surface area (Å²) in [6.45, 7) is 2.79. The third-order valence-electron chi connectivity index (χ3n) is 7.49. The summed E-state index contributed by atoms with van der Waals surface area (Å²) in [4.78, 5) is 24.5. The highest BCUT2D eigenvalue weighted by molar-refractivity contribution is 5.75. The largest absolute Gasteiger partial charge is 0.481 e. The fraction of sp³-hybridized carbons (Fsp3) is 0.267. The zero-order valence-electron chi connectivity index (χ0n) is 20.2. The van der Waals surface area contributed by atoms with Crippen molar-refractivity contribution in [3.05, 3.63) is 95.7 Å². The average Bonchev–Trinajstić information content (AvgIpc) is 3.61. The molecule has 2 aliphatic rings. The van der Waals surface area contributed by atoms with Crippen molar-refractivity contribution in [3.63, 3.8) is 0 Å². The van der Waals surface area contributed by atoms with Gasteiger partial charge in [0.05, 0.1) is 35.4 Å². The van der Waals surface area contributed by atoms with Crippen LogP contribution >= 0.6 is 0 Å². The molecule has 4 aromatic rings. The van der Waals surface area contributed by atoms with Gasteiger partial charge in [0.1, 0.15) is 0 Å². The van der Waals surface area contributed by atoms with Gasteiger partial charge in [0.15, 0.2) is 0 Å². The Kier molecular flexibility index (Phi) is 5.72. The number of hydrogen-bond donors (Lipinski definition) is 2. The van der Waals surface area contributed by atoms with E-state index >= 15 is 0 Å². The van der Waals surface area contributed by atoms with Gasteiger partial charge in [-0.25, -0.2) is 0 Å². The molecule has 2 heterocycles. The van der Waals surface area contributed by atoms with E-state index in [9.17, 15) is 4.79 Å². The number of aryl methyl sites for hydroxylation is 1. The Balaban J connectivity index is 1.14. The second-order valence-corrected chi connectivity index (χ2v) is 9.87. The second-order valence-electron chi connectivity index (χ2n) is 9.87. The van der Waals surface area contributed by atoms with Crippen molar-refractivity contribution in [2.75, 3.05) is 11.9 Å². The Morgan fingerprint density at radius 3 is 2.50 bits per heavy atom. The molecule has 0 aliphatic heterocycles. The molecular weight excluding hydrogens is 448 g/mol. The number of benzene rings is 2. The fourth-order valence-corrected chi connectivity index (χ4v) is 5.35. The van der Waals surface area contributed by atoms with Gasteiger partial charge in [0, 0.05) is 35.8 Å². The molecule has 0 saturated heterocycles. The Morgan fingerprint density at radius 1 is 0.972 bits per heavy atom. The molecule has 2 aliphatic carbocycles. The molecule has 6 nitrogen and oxygen atoms in total. The molecular formula is C30H28N4O2. The Hall–Kier alpha value is -4.06. The maximum absolute atomic E-state index is 11.1. The van der Waals surface area contributed by atoms with E-state index in [0.29, 0.717) is 12.3 Å². The summed E-state index contributed by atoms with van der Waals surface area (Å²) in [5.41, 5.74) is 10.1. The number of carbonyl (C=O) groups is 1. The number of hydrogen-bond acceptors (Lipinski definition) is 5. The number of rotatable bonds is 7. The summed E-state index contributed by atoms with van der Waals surface area (Å²) < 4.78 is 0. The molecule has 1 fully saturated rings. The van der Waals surface area contributed by atoms with E-state index in [1.807, 2.05) is 31.5 Å². The van der Waals surface area contributed by atoms with Gasteiger partial charge in [-0.05, 0) is 60.6 Å². The molecule has 2 aromatic carbocycles. The standard InChI is InChI=1S/C30H28N4O2/c1-18-14-33-29(17-31-18)20-7-5-19(6-8-20)23-3-2-4-24-21(9-11-25(23)24)15-32-22-10-12-28(34-16-22)26-13-27(26)30(35)36/h2-8,10,12,14,16-17,21,26-27,32H,9,11,13,15H2,1H3,(H,35,36)/t21?,26-,27-/m0/s1. The fourth-order valence-electron chi connectivity index (χ4n) is 5.35. The topological polar surface area (TPSA) is 88.0 Å². The van der Waals surface area contributed by atoms with Gasteiger partial charge in [-0.1, -0.05) is 42.5 Å². The van der Waals surface area contributed by atoms with E-state index in [-0.39, 0.29) is 11.8 Å². The van der Waals surface area contributed by atoms with E-state index in [2.05, 4.69) is 62.7 Å². The van der Waals surface area contributed by atoms with Crippen LogP contribution in [-0.4, -0.2) is 32.6 Å². The molecule has 0 amide bonds. The van der Waals surface area contributed by atoms with Gasteiger partial charge in [-0.2, -0.15) is 0 Å². The summed E-state index contributed by atoms with van der Waals surface area (Å²) in [5, 5.41) is 12.7. The van der Waals surface area contributed by atoms with E-state index in [1.54, 1.807) is 6.20 Å². The molecule has 1 saturated carbocycles. The SMILES string of the molecule is Cc1cnc(-c2ccc(-c3cccc4c3CCC4CNc3ccc([C@H]4C[C@@H]4C(=O)O)nc3)cc2)cn1. The van der Waals surface area contributed by atoms with Gasteiger partial charge in [-0.15, -0.1) is 0 Å². The van der Waals surface area contributed by atoms with Crippen LogP contribution in [0.25, 0.3) is 22.4 Å². The number of nitrogens with zero attached hydrogens (tertiary/aromatic N) is 3. The number of aromatic nitrogens is 3. The third-order valence-corrected chi connectivity index (χ3v) is 7.49. The second kappa shape index (κ2) is 9.19. The van der Waals surface area contributed by atoms with E-state index < -0.39 is 5.97 Å². The molecule has 180 valence electrons. The van der Waals surface area contributed by atoms with Gasteiger partial charge >= 0.3 is 5.97 Å². The number of pyridine rings is 1. The summed E-state index contributed by atoms with van der Waals surface area (Å²) in [7, 11) is 0. The van der Waals surface area contributed by atoms with Crippen LogP contribution in [0.15, 0.2) is 73.2 Å². The number of aliphatic carboxylic acids is 1. The zero-order chi connectivity index (χ0) is 24.6. The molecule has 6 heteroatoms. The molecule has 0 radical (unpaired) electrons. The van der Waals surface area contributed by atoms with Gasteiger partial charge in [0.2, 0.25) is 0 Å². The monoisotopic (exact) mass is 476 g/mol. The molecule has 0 spiro atoms. The summed E-state index contributed by atoms with van der Waals surface area (Å²) >= 11 is 0. The number of nitrogens with one attached hydrogen (secondary N) is 1. The van der Waals surface area contributed by atoms with Crippen LogP contribution in [0.1, 0.15) is 47.2 Å². The number of fused-ring (bicyclic) bond motifs is 1. The lowest BCUT2D eigenvalue weighted by atomic mass is 9.94. The molecule has 2 N–H and O–H groups in total. The minimum absolute atomic E-state index is 0.0653. The first kappa shape index (κ1) is 22.4. The smallest absolute Gasteiger partial charge is 0.307 e. The maximum atomic E-state index is 11.1. The van der Waals surface area contributed by atoms with Crippen LogP contribution in [0.4, 0.5) is 5.69 Å². The van der Waals surface area contributed by atoms with Crippen molar-refractivity contribution in [1.29, 1.82) is 0 Å². The first-order valence-electron chi connectivity index (χ1n) is 12.5. The Bertz CT molecular complexity index is 1400. The predicted octanol–water partition coefficient (Wildman–Crippen LogP) is 5.84. The molecule has 36 heavy (non-hydrogen) atoms. The lowest BCUT2D eigenvalue weighted by Crippen LogP contribution is -2.10. The minimum Gasteiger partial charge on any atom is -0.481 e. The van der Waals surface area contributed by atoms with Crippen molar-refractivity contribution in [1.82, 2.24) is 15.0 Å². The predicted molar refractivity (Wildman–Crippen MR) is 140 cm³/mol. The highest BCUT2D eigenvalue weighted by atomic mass is 16.4. The van der Waals surface area contributed by atoms with Crippen molar-refractivity contribution >= 4 is 11.7 Å². The first-order chi connectivity index (χ1) is 17.6. The van der Waals surface area contributed by atoms with Crippen LogP contribution in [-0.2, 0) is 11.2 Å². The molecule has 1 unspecified atom stereocenters. The molecule has 6 rings (SSSR count). The highest BCUT2D eigenvalue weighted by Gasteiger charge is 2.45. The van der Waals surface area contributed by atoms with E-state index in [4.69, 9.17) is 5.11 Å². The van der Waals surface area contributed by atoms with Crippen molar-refractivity contribution < 1.29 is 9.90 Å². The summed E-state index contributed by atoms with van der Waals surface area (Å²) in [6.07, 6.45) is 8.33. The number of carboxylic acid groups (broad SMARTS) is 1. The zero-order valence-corrected chi connectivity index (χ0v) is 20.2. The third kappa shape index (κ3) is 4.35. The van der Waals surface area contributed by atoms with Gasteiger partial charge < -0.3 is 10.4 Å². The molecule has 2 aromatic heterocycles. The lowest BCUT2D eigenvalue weighted by molar-refractivity contribution is -0.138. The maximum Gasteiger partial charge on any atom is 0.307 e. The van der Waals surface area contributed by atoms with Gasteiger partial charge in [-0.3, -0.25) is 19.7 Å². The number of carboxylic acids is 1. The van der Waals surface area contributed by atoms with Crippen LogP contribution in [0.3, 0.4) is 0 Å². The average molecular weight is 477 g/mol. The van der Waals surface area contributed by atoms with E-state index in [1.165, 1.54) is 22.3 Å². The number of anilines is 1. The summed E-state index contributed by atoms with van der Waals surface area (Å²) in [5.74, 6) is -0.482. The molecule has 3 atom stereocenters. The van der Waals surface area contributed by atoms with Crippen LogP contribution < -0.4 is 5.32 Å². The van der Waals surface area contributed by atoms with Crippen molar-refractivity contribution in [2.24, 2.45) is 5.92 Å². The lowest BCUT2D eigenvalue weighted by Gasteiger charge is -2.15. The Morgan fingerprint density at radius 2 is 1.81 bits per heavy atom. The normalized spacial score (nSPS) is 20.1.